The van der Waals surface area contributed by atoms with E-state index in [-0.39, 0.29) is 34.7 Å². The average molecular weight is 571 g/mol. The van der Waals surface area contributed by atoms with E-state index in [1.165, 1.54) is 23.5 Å². The molecule has 0 atom stereocenters. The number of carbonyl (C=O) groups is 2. The minimum atomic E-state index is -3.59. The van der Waals surface area contributed by atoms with Crippen LogP contribution in [-0.4, -0.2) is 47.4 Å². The quantitative estimate of drug-likeness (QED) is 0.215. The van der Waals surface area contributed by atoms with Crippen molar-refractivity contribution in [1.29, 1.82) is 0 Å². The van der Waals surface area contributed by atoms with E-state index >= 15 is 0 Å². The molecule has 0 saturated heterocycles. The van der Waals surface area contributed by atoms with Crippen LogP contribution in [0.5, 0.6) is 0 Å². The Hall–Kier alpha value is -3.48. The molecule has 4 rings (SSSR count). The van der Waals surface area contributed by atoms with Gasteiger partial charge in [0.05, 0.1) is 17.3 Å². The van der Waals surface area contributed by atoms with Crippen LogP contribution in [0.2, 0.25) is 0 Å². The highest BCUT2D eigenvalue weighted by atomic mass is 32.2. The number of nitrogens with one attached hydrogen (secondary N) is 1. The van der Waals surface area contributed by atoms with Crippen LogP contribution in [0.3, 0.4) is 0 Å². The Morgan fingerprint density at radius 3 is 2.47 bits per heavy atom. The van der Waals surface area contributed by atoms with Gasteiger partial charge in [-0.2, -0.15) is 0 Å². The second-order valence-electron chi connectivity index (χ2n) is 8.31. The van der Waals surface area contributed by atoms with Crippen molar-refractivity contribution in [1.82, 2.24) is 14.8 Å². The van der Waals surface area contributed by atoms with Gasteiger partial charge in [0.2, 0.25) is 5.91 Å². The van der Waals surface area contributed by atoms with E-state index in [9.17, 15) is 18.0 Å². The highest BCUT2D eigenvalue weighted by Crippen LogP contribution is 2.36. The van der Waals surface area contributed by atoms with Crippen molar-refractivity contribution in [2.24, 2.45) is 7.05 Å². The number of hydrogen-bond acceptors (Lipinski definition) is 9. The fraction of sp³-hybridized carbons (Fsp3) is 0.231. The second-order valence-corrected chi connectivity index (χ2v) is 12.1. The summed E-state index contributed by atoms with van der Waals surface area (Å²) in [7, 11) is -1.93. The van der Waals surface area contributed by atoms with Gasteiger partial charge in [0.25, 0.3) is 0 Å². The van der Waals surface area contributed by atoms with E-state index in [2.05, 4.69) is 15.5 Å². The average Bonchev–Trinajstić information content (AvgIpc) is 3.47. The molecule has 0 spiro atoms. The molecule has 0 aliphatic carbocycles. The Morgan fingerprint density at radius 2 is 1.79 bits per heavy atom. The Labute approximate surface area is 229 Å². The topological polar surface area (TPSA) is 120 Å². The van der Waals surface area contributed by atoms with Gasteiger partial charge in [-0.25, -0.2) is 13.2 Å². The van der Waals surface area contributed by atoms with Gasteiger partial charge in [-0.05, 0) is 31.5 Å². The van der Waals surface area contributed by atoms with Gasteiger partial charge in [-0.1, -0.05) is 59.8 Å². The van der Waals surface area contributed by atoms with Gasteiger partial charge in [0, 0.05) is 18.0 Å². The first-order chi connectivity index (χ1) is 18.2. The summed E-state index contributed by atoms with van der Waals surface area (Å²) in [6.07, 6.45) is 0. The van der Waals surface area contributed by atoms with Crippen molar-refractivity contribution in [3.8, 4) is 11.1 Å². The normalized spacial score (nSPS) is 11.3. The molecule has 4 aromatic rings. The summed E-state index contributed by atoms with van der Waals surface area (Å²) in [5, 5.41) is 13.5. The molecule has 0 aliphatic heterocycles. The number of sulfone groups is 1. The molecule has 198 valence electrons. The Morgan fingerprint density at radius 1 is 1.08 bits per heavy atom. The number of anilines is 1. The summed E-state index contributed by atoms with van der Waals surface area (Å²) >= 11 is 2.37. The van der Waals surface area contributed by atoms with Gasteiger partial charge < -0.3 is 14.6 Å². The number of esters is 1. The number of carbonyl (C=O) groups excluding carboxylic acids is 2. The van der Waals surface area contributed by atoms with Crippen molar-refractivity contribution in [2.45, 2.75) is 29.7 Å². The minimum Gasteiger partial charge on any atom is -0.462 e. The van der Waals surface area contributed by atoms with E-state index in [4.69, 9.17) is 4.74 Å². The minimum absolute atomic E-state index is 0.0164. The molecule has 0 unspecified atom stereocenters. The Balaban J connectivity index is 1.46. The van der Waals surface area contributed by atoms with Crippen LogP contribution in [0.4, 0.5) is 5.00 Å². The van der Waals surface area contributed by atoms with Crippen LogP contribution < -0.4 is 5.32 Å². The van der Waals surface area contributed by atoms with Crippen LogP contribution in [0.15, 0.2) is 70.0 Å². The van der Waals surface area contributed by atoms with Crippen molar-refractivity contribution < 1.29 is 22.7 Å². The van der Waals surface area contributed by atoms with E-state index in [0.29, 0.717) is 21.3 Å². The predicted octanol–water partition coefficient (Wildman–Crippen LogP) is 4.73. The summed E-state index contributed by atoms with van der Waals surface area (Å²) < 4.78 is 32.2. The summed E-state index contributed by atoms with van der Waals surface area (Å²) in [6, 6.07) is 15.9. The number of ether oxygens (including phenoxy) is 1. The first-order valence-corrected chi connectivity index (χ1v) is 15.2. The molecule has 0 aliphatic rings. The Kier molecular flexibility index (Phi) is 8.65. The number of aryl methyl sites for hydroxylation is 1. The first kappa shape index (κ1) is 27.6. The van der Waals surface area contributed by atoms with E-state index in [1.54, 1.807) is 36.7 Å². The summed E-state index contributed by atoms with van der Waals surface area (Å²) in [6.45, 7) is 3.92. The third kappa shape index (κ3) is 6.32. The molecule has 9 nitrogen and oxygen atoms in total. The maximum atomic E-state index is 12.8. The number of benzene rings is 2. The van der Waals surface area contributed by atoms with Crippen molar-refractivity contribution >= 4 is 49.8 Å². The molecule has 38 heavy (non-hydrogen) atoms. The molecule has 2 aromatic heterocycles. The van der Waals surface area contributed by atoms with Gasteiger partial charge in [0.15, 0.2) is 15.0 Å². The standard InChI is InChI=1S/C26H26N4O5S3/c1-4-35-25(32)23-20(18-12-10-17(2)11-13-18)14-36-24(23)27-22(31)15-37-26-29-28-21(30(26)3)16-38(33,34)19-8-6-5-7-9-19/h5-14H,4,15-16H2,1-3H3,(H,27,31). The van der Waals surface area contributed by atoms with Crippen molar-refractivity contribution in [2.75, 3.05) is 17.7 Å². The lowest BCUT2D eigenvalue weighted by Crippen LogP contribution is -2.17. The van der Waals surface area contributed by atoms with Gasteiger partial charge in [0.1, 0.15) is 22.1 Å². The zero-order chi connectivity index (χ0) is 27.3. The smallest absolute Gasteiger partial charge is 0.341 e. The van der Waals surface area contributed by atoms with Gasteiger partial charge in [-0.15, -0.1) is 21.5 Å². The molecule has 12 heteroatoms. The lowest BCUT2D eigenvalue weighted by atomic mass is 10.0. The number of rotatable bonds is 10. The first-order valence-electron chi connectivity index (χ1n) is 11.6. The van der Waals surface area contributed by atoms with Gasteiger partial charge >= 0.3 is 5.97 Å². The monoisotopic (exact) mass is 570 g/mol. The number of amides is 1. The van der Waals surface area contributed by atoms with Gasteiger partial charge in [-0.3, -0.25) is 4.79 Å². The van der Waals surface area contributed by atoms with Crippen LogP contribution in [0.25, 0.3) is 11.1 Å². The van der Waals surface area contributed by atoms with E-state index in [0.717, 1.165) is 22.9 Å². The number of nitrogens with zero attached hydrogens (tertiary/aromatic N) is 3. The Bertz CT molecular complexity index is 1550. The van der Waals surface area contributed by atoms with E-state index < -0.39 is 15.8 Å². The van der Waals surface area contributed by atoms with Crippen molar-refractivity contribution in [3.05, 3.63) is 76.9 Å². The number of hydrogen-bond donors (Lipinski definition) is 1. The van der Waals surface area contributed by atoms with Crippen LogP contribution in [-0.2, 0) is 32.2 Å². The third-order valence-corrected chi connectivity index (χ3v) is 9.11. The summed E-state index contributed by atoms with van der Waals surface area (Å²) in [5.41, 5.74) is 2.94. The molecule has 0 radical (unpaired) electrons. The number of thioether (sulfide) groups is 1. The maximum absolute atomic E-state index is 12.8. The molecule has 1 amide bonds. The largest absolute Gasteiger partial charge is 0.462 e. The fourth-order valence-corrected chi connectivity index (χ4v) is 6.61. The van der Waals surface area contributed by atoms with Crippen LogP contribution in [0, 0.1) is 6.92 Å². The molecule has 2 heterocycles. The zero-order valence-electron chi connectivity index (χ0n) is 21.0. The van der Waals surface area contributed by atoms with Crippen LogP contribution in [0.1, 0.15) is 28.7 Å². The summed E-state index contributed by atoms with van der Waals surface area (Å²) in [4.78, 5) is 25.8. The fourth-order valence-electron chi connectivity index (χ4n) is 3.57. The molecular formula is C26H26N4O5S3. The summed E-state index contributed by atoms with van der Waals surface area (Å²) in [5.74, 6) is -0.920. The highest BCUT2D eigenvalue weighted by Gasteiger charge is 2.24. The zero-order valence-corrected chi connectivity index (χ0v) is 23.5. The van der Waals surface area contributed by atoms with E-state index in [1.807, 2.05) is 36.6 Å². The molecule has 0 bridgehead atoms. The maximum Gasteiger partial charge on any atom is 0.341 e. The number of thiophene rings is 1. The molecule has 2 aromatic carbocycles. The predicted molar refractivity (Wildman–Crippen MR) is 148 cm³/mol. The van der Waals surface area contributed by atoms with Crippen molar-refractivity contribution in [3.63, 3.8) is 0 Å². The molecule has 0 saturated carbocycles. The molecular weight excluding hydrogens is 545 g/mol. The lowest BCUT2D eigenvalue weighted by Gasteiger charge is -2.09. The SMILES string of the molecule is CCOC(=O)c1c(-c2ccc(C)cc2)csc1NC(=O)CSc1nnc(CS(=O)(=O)c2ccccc2)n1C. The lowest BCUT2D eigenvalue weighted by molar-refractivity contribution is -0.113. The second kappa shape index (κ2) is 11.9. The molecule has 1 N–H and O–H groups in total. The van der Waals surface area contributed by atoms with Crippen LogP contribution >= 0.6 is 23.1 Å². The third-order valence-electron chi connectivity index (χ3n) is 5.56. The highest BCUT2D eigenvalue weighted by molar-refractivity contribution is 7.99. The number of aromatic nitrogens is 3. The molecule has 0 fully saturated rings.